The molecule has 3 heterocycles. The third-order valence-electron chi connectivity index (χ3n) is 5.43. The monoisotopic (exact) mass is 505 g/mol. The number of nitrogen functional groups attached to an aromatic ring is 1. The summed E-state index contributed by atoms with van der Waals surface area (Å²) in [5.41, 5.74) is 7.29. The molecule has 0 spiro atoms. The third kappa shape index (κ3) is 6.49. The molecule has 1 saturated heterocycles. The first-order chi connectivity index (χ1) is 16.1. The van der Waals surface area contributed by atoms with Crippen molar-refractivity contribution in [2.75, 3.05) is 25.9 Å². The highest BCUT2D eigenvalue weighted by molar-refractivity contribution is 7.15. The van der Waals surface area contributed by atoms with Crippen LogP contribution < -0.4 is 5.73 Å². The number of amides is 1. The average Bonchev–Trinajstić information content (AvgIpc) is 3.26. The molecular formula is C24H29ClFN5O2S. The SMILES string of the molecule is COC(C)(C)C.Nc1cccc(-c2nc(C3CCN(C=O)CC3)sc2-c2ccnc(Cl)n2)c1F. The summed E-state index contributed by atoms with van der Waals surface area (Å²) in [6.45, 7) is 7.43. The van der Waals surface area contributed by atoms with Crippen LogP contribution in [0.3, 0.4) is 0 Å². The van der Waals surface area contributed by atoms with Gasteiger partial charge in [-0.3, -0.25) is 4.79 Å². The van der Waals surface area contributed by atoms with Crippen LogP contribution in [0.25, 0.3) is 21.8 Å². The molecule has 1 amide bonds. The summed E-state index contributed by atoms with van der Waals surface area (Å²) in [5.74, 6) is -0.299. The Bertz CT molecular complexity index is 1130. The van der Waals surface area contributed by atoms with E-state index < -0.39 is 5.82 Å². The van der Waals surface area contributed by atoms with E-state index in [0.717, 1.165) is 29.1 Å². The minimum atomic E-state index is -0.503. The number of ether oxygens (including phenoxy) is 1. The second-order valence-corrected chi connectivity index (χ2v) is 10.3. The lowest BCUT2D eigenvalue weighted by Gasteiger charge is -2.27. The number of nitrogens with zero attached hydrogens (tertiary/aromatic N) is 4. The molecule has 0 unspecified atom stereocenters. The molecule has 182 valence electrons. The van der Waals surface area contributed by atoms with Crippen LogP contribution in [0.2, 0.25) is 5.28 Å². The number of hydrogen-bond donors (Lipinski definition) is 1. The molecule has 10 heteroatoms. The summed E-state index contributed by atoms with van der Waals surface area (Å²) in [7, 11) is 1.71. The Kier molecular flexibility index (Phi) is 8.57. The smallest absolute Gasteiger partial charge is 0.222 e. The lowest BCUT2D eigenvalue weighted by molar-refractivity contribution is -0.119. The van der Waals surface area contributed by atoms with Gasteiger partial charge in [-0.25, -0.2) is 19.3 Å². The van der Waals surface area contributed by atoms with E-state index in [2.05, 4.69) is 9.97 Å². The summed E-state index contributed by atoms with van der Waals surface area (Å²) in [6, 6.07) is 6.60. The van der Waals surface area contributed by atoms with Crippen LogP contribution in [-0.4, -0.2) is 52.1 Å². The Labute approximate surface area is 208 Å². The van der Waals surface area contributed by atoms with Crippen LogP contribution in [0.15, 0.2) is 30.5 Å². The number of hydrogen-bond acceptors (Lipinski definition) is 7. The van der Waals surface area contributed by atoms with E-state index in [1.54, 1.807) is 36.4 Å². The summed E-state index contributed by atoms with van der Waals surface area (Å²) in [5, 5.41) is 1.01. The predicted octanol–water partition coefficient (Wildman–Crippen LogP) is 5.41. The Balaban J connectivity index is 0.000000481. The van der Waals surface area contributed by atoms with Crippen molar-refractivity contribution >= 4 is 35.0 Å². The molecule has 0 bridgehead atoms. The van der Waals surface area contributed by atoms with Crippen molar-refractivity contribution < 1.29 is 13.9 Å². The maximum atomic E-state index is 14.7. The maximum Gasteiger partial charge on any atom is 0.222 e. The summed E-state index contributed by atoms with van der Waals surface area (Å²) in [6.07, 6.45) is 4.07. The molecule has 1 aromatic carbocycles. The quantitative estimate of drug-likeness (QED) is 0.289. The number of anilines is 1. The molecule has 0 atom stereocenters. The average molecular weight is 506 g/mol. The van der Waals surface area contributed by atoms with Gasteiger partial charge in [-0.2, -0.15) is 0 Å². The van der Waals surface area contributed by atoms with Crippen molar-refractivity contribution in [3.8, 4) is 21.8 Å². The molecule has 0 aliphatic carbocycles. The van der Waals surface area contributed by atoms with E-state index in [4.69, 9.17) is 27.1 Å². The molecule has 1 aliphatic rings. The number of benzene rings is 1. The lowest BCUT2D eigenvalue weighted by Crippen LogP contribution is -2.31. The van der Waals surface area contributed by atoms with Crippen LogP contribution in [0.4, 0.5) is 10.1 Å². The number of methoxy groups -OCH3 is 1. The Morgan fingerprint density at radius 2 is 1.91 bits per heavy atom. The third-order valence-corrected chi connectivity index (χ3v) is 6.85. The van der Waals surface area contributed by atoms with Crippen molar-refractivity contribution in [2.45, 2.75) is 45.1 Å². The Morgan fingerprint density at radius 1 is 1.24 bits per heavy atom. The zero-order chi connectivity index (χ0) is 24.9. The van der Waals surface area contributed by atoms with Gasteiger partial charge in [0.2, 0.25) is 11.7 Å². The van der Waals surface area contributed by atoms with Gasteiger partial charge in [0.05, 0.1) is 32.6 Å². The number of nitrogens with two attached hydrogens (primary N) is 1. The topological polar surface area (TPSA) is 94.2 Å². The van der Waals surface area contributed by atoms with Crippen LogP contribution in [0, 0.1) is 5.82 Å². The highest BCUT2D eigenvalue weighted by atomic mass is 35.5. The van der Waals surface area contributed by atoms with Crippen molar-refractivity contribution in [1.29, 1.82) is 0 Å². The van der Waals surface area contributed by atoms with Crippen molar-refractivity contribution in [2.24, 2.45) is 0 Å². The minimum absolute atomic E-state index is 0.0417. The predicted molar refractivity (Wildman–Crippen MR) is 134 cm³/mol. The van der Waals surface area contributed by atoms with E-state index in [-0.39, 0.29) is 22.5 Å². The van der Waals surface area contributed by atoms with E-state index >= 15 is 0 Å². The van der Waals surface area contributed by atoms with Crippen LogP contribution in [0.1, 0.15) is 44.5 Å². The first-order valence-corrected chi connectivity index (χ1v) is 12.1. The number of halogens is 2. The van der Waals surface area contributed by atoms with Gasteiger partial charge in [0, 0.05) is 37.9 Å². The first kappa shape index (κ1) is 26.0. The molecule has 4 rings (SSSR count). The van der Waals surface area contributed by atoms with Crippen LogP contribution in [0.5, 0.6) is 0 Å². The number of thiazole rings is 1. The van der Waals surface area contributed by atoms with Gasteiger partial charge < -0.3 is 15.4 Å². The standard InChI is InChI=1S/C19H17ClFN5OS.C5H12O/c20-19-23-7-4-14(24-19)17-16(12-2-1-3-13(22)15(12)21)25-18(28-17)11-5-8-26(10-27)9-6-11;1-5(2,3)6-4/h1-4,7,10-11H,5-6,8-9,22H2;1-4H3. The normalized spacial score (nSPS) is 14.5. The number of carbonyl (C=O) groups excluding carboxylic acids is 1. The van der Waals surface area contributed by atoms with Gasteiger partial charge in [-0.1, -0.05) is 6.07 Å². The maximum absolute atomic E-state index is 14.7. The molecule has 1 aliphatic heterocycles. The zero-order valence-corrected chi connectivity index (χ0v) is 21.3. The fourth-order valence-electron chi connectivity index (χ4n) is 3.31. The molecule has 1 fully saturated rings. The van der Waals surface area contributed by atoms with Crippen molar-refractivity contribution in [3.63, 3.8) is 0 Å². The Hall–Kier alpha value is -2.62. The molecule has 0 radical (unpaired) electrons. The number of carbonyl (C=O) groups is 1. The van der Waals surface area contributed by atoms with E-state index in [0.29, 0.717) is 30.0 Å². The van der Waals surface area contributed by atoms with Crippen LogP contribution >= 0.6 is 22.9 Å². The van der Waals surface area contributed by atoms with Gasteiger partial charge in [-0.05, 0) is 63.4 Å². The Morgan fingerprint density at radius 3 is 2.50 bits per heavy atom. The second kappa shape index (κ2) is 11.2. The number of likely N-dealkylation sites (tertiary alicyclic amines) is 1. The van der Waals surface area contributed by atoms with Crippen LogP contribution in [-0.2, 0) is 9.53 Å². The van der Waals surface area contributed by atoms with Crippen molar-refractivity contribution in [3.05, 3.63) is 46.6 Å². The molecule has 2 N–H and O–H groups in total. The number of rotatable bonds is 4. The zero-order valence-electron chi connectivity index (χ0n) is 19.7. The molecule has 2 aromatic heterocycles. The van der Waals surface area contributed by atoms with E-state index in [1.165, 1.54) is 17.4 Å². The fourth-order valence-corrected chi connectivity index (χ4v) is 4.68. The molecule has 0 saturated carbocycles. The number of aromatic nitrogens is 3. The largest absolute Gasteiger partial charge is 0.396 e. The molecule has 34 heavy (non-hydrogen) atoms. The molecule has 3 aromatic rings. The van der Waals surface area contributed by atoms with Crippen molar-refractivity contribution in [1.82, 2.24) is 19.9 Å². The summed E-state index contributed by atoms with van der Waals surface area (Å²) < 4.78 is 19.7. The van der Waals surface area contributed by atoms with Gasteiger partial charge in [0.25, 0.3) is 0 Å². The highest BCUT2D eigenvalue weighted by Crippen LogP contribution is 2.42. The molecule has 7 nitrogen and oxygen atoms in total. The lowest BCUT2D eigenvalue weighted by atomic mass is 9.98. The minimum Gasteiger partial charge on any atom is -0.396 e. The summed E-state index contributed by atoms with van der Waals surface area (Å²) in [4.78, 5) is 26.4. The highest BCUT2D eigenvalue weighted by Gasteiger charge is 2.26. The van der Waals surface area contributed by atoms with E-state index in [9.17, 15) is 9.18 Å². The van der Waals surface area contributed by atoms with E-state index in [1.807, 2.05) is 20.8 Å². The fraction of sp³-hybridized carbons (Fsp3) is 0.417. The first-order valence-electron chi connectivity index (χ1n) is 10.9. The van der Waals surface area contributed by atoms with Gasteiger partial charge in [0.1, 0.15) is 0 Å². The summed E-state index contributed by atoms with van der Waals surface area (Å²) >= 11 is 7.44. The number of piperidine rings is 1. The second-order valence-electron chi connectivity index (χ2n) is 8.88. The van der Waals surface area contributed by atoms with Gasteiger partial charge in [0.15, 0.2) is 5.82 Å². The van der Waals surface area contributed by atoms with Gasteiger partial charge in [-0.15, -0.1) is 11.3 Å². The van der Waals surface area contributed by atoms with Gasteiger partial charge >= 0.3 is 0 Å². The molecular weight excluding hydrogens is 477 g/mol.